The highest BCUT2D eigenvalue weighted by Crippen LogP contribution is 2.33. The Kier molecular flexibility index (Phi) is 6.43. The lowest BCUT2D eigenvalue weighted by molar-refractivity contribution is -0.116. The minimum Gasteiger partial charge on any atom is -0.497 e. The van der Waals surface area contributed by atoms with E-state index in [-0.39, 0.29) is 29.9 Å². The molecule has 144 valence electrons. The van der Waals surface area contributed by atoms with Crippen LogP contribution in [0.15, 0.2) is 53.4 Å². The van der Waals surface area contributed by atoms with E-state index in [1.54, 1.807) is 49.6 Å². The monoisotopic (exact) mass is 416 g/mol. The molecular formula is C20H17FN2O3S2. The average molecular weight is 416 g/mol. The maximum atomic E-state index is 13.0. The second-order valence-electron chi connectivity index (χ2n) is 5.91. The highest BCUT2D eigenvalue weighted by Gasteiger charge is 2.31. The fourth-order valence-electron chi connectivity index (χ4n) is 2.51. The van der Waals surface area contributed by atoms with Crippen molar-refractivity contribution in [1.29, 1.82) is 0 Å². The zero-order chi connectivity index (χ0) is 20.1. The summed E-state index contributed by atoms with van der Waals surface area (Å²) >= 11 is 6.38. The minimum atomic E-state index is -0.329. The van der Waals surface area contributed by atoms with Crippen molar-refractivity contribution in [2.75, 3.05) is 19.0 Å². The third-order valence-electron chi connectivity index (χ3n) is 3.98. The fraction of sp³-hybridized carbons (Fsp3) is 0.150. The Labute approximate surface area is 171 Å². The van der Waals surface area contributed by atoms with Gasteiger partial charge < -0.3 is 10.1 Å². The quantitative estimate of drug-likeness (QED) is 0.546. The molecular weight excluding hydrogens is 399 g/mol. The Hall–Kier alpha value is -2.71. The Morgan fingerprint density at radius 2 is 1.89 bits per heavy atom. The van der Waals surface area contributed by atoms with E-state index in [2.05, 4.69) is 5.32 Å². The van der Waals surface area contributed by atoms with E-state index in [0.29, 0.717) is 21.3 Å². The summed E-state index contributed by atoms with van der Waals surface area (Å²) in [5, 5.41) is 2.54. The van der Waals surface area contributed by atoms with Crippen molar-refractivity contribution in [1.82, 2.24) is 4.90 Å². The molecule has 1 heterocycles. The number of benzene rings is 2. The van der Waals surface area contributed by atoms with Gasteiger partial charge in [0.15, 0.2) is 0 Å². The second-order valence-corrected chi connectivity index (χ2v) is 7.29. The molecule has 2 aromatic rings. The van der Waals surface area contributed by atoms with Gasteiger partial charge in [-0.05, 0) is 59.8 Å². The van der Waals surface area contributed by atoms with Crippen molar-refractivity contribution < 1.29 is 18.7 Å². The number of nitrogens with one attached hydrogen (secondary N) is 1. The molecule has 0 spiro atoms. The van der Waals surface area contributed by atoms with Crippen LogP contribution in [0.25, 0.3) is 6.08 Å². The molecule has 2 aromatic carbocycles. The molecule has 0 radical (unpaired) electrons. The highest BCUT2D eigenvalue weighted by molar-refractivity contribution is 8.19. The van der Waals surface area contributed by atoms with Crippen LogP contribution in [0.5, 0.6) is 5.75 Å². The summed E-state index contributed by atoms with van der Waals surface area (Å²) < 4.78 is 18.1. The van der Waals surface area contributed by atoms with E-state index in [0.717, 1.165) is 17.3 Å². The molecule has 3 rings (SSSR count). The number of nitrogens with zero attached hydrogens (tertiary/aromatic N) is 1. The number of methoxy groups -OCH3 is 1. The van der Waals surface area contributed by atoms with Gasteiger partial charge in [-0.3, -0.25) is 14.5 Å². The van der Waals surface area contributed by atoms with Crippen LogP contribution in [0.4, 0.5) is 14.9 Å². The lowest BCUT2D eigenvalue weighted by atomic mass is 10.2. The zero-order valence-corrected chi connectivity index (χ0v) is 16.6. The molecule has 1 N–H and O–H groups in total. The van der Waals surface area contributed by atoms with Crippen LogP contribution in [-0.2, 0) is 4.79 Å². The summed E-state index contributed by atoms with van der Waals surface area (Å²) in [5.74, 6) is 0.148. The average Bonchev–Trinajstić information content (AvgIpc) is 2.95. The minimum absolute atomic E-state index is 0.113. The molecule has 0 saturated carbocycles. The summed E-state index contributed by atoms with van der Waals surface area (Å²) in [6.45, 7) is 0.188. The van der Waals surface area contributed by atoms with Crippen LogP contribution in [0.2, 0.25) is 0 Å². The summed E-state index contributed by atoms with van der Waals surface area (Å²) in [6.07, 6.45) is 1.85. The number of anilines is 1. The standard InChI is InChI=1S/C20H17FN2O3S2/c1-26-16-8-6-15(7-9-16)22-18(24)10-11-23-19(27)17(28-20(23)25)12-13-2-4-14(21)5-3-13/h2-9,12H,10-11H2,1H3,(H,22,24)/b17-12+. The maximum Gasteiger partial charge on any atom is 0.291 e. The van der Waals surface area contributed by atoms with Gasteiger partial charge in [0.2, 0.25) is 5.91 Å². The smallest absolute Gasteiger partial charge is 0.291 e. The van der Waals surface area contributed by atoms with E-state index in [9.17, 15) is 14.0 Å². The number of amides is 2. The summed E-state index contributed by atoms with van der Waals surface area (Å²) in [4.78, 5) is 26.8. The Bertz CT molecular complexity index is 927. The third kappa shape index (κ3) is 4.96. The molecule has 2 amide bonds. The largest absolute Gasteiger partial charge is 0.497 e. The fourth-order valence-corrected chi connectivity index (χ4v) is 3.80. The van der Waals surface area contributed by atoms with E-state index in [1.165, 1.54) is 17.0 Å². The maximum absolute atomic E-state index is 13.0. The van der Waals surface area contributed by atoms with Crippen molar-refractivity contribution >= 4 is 51.9 Å². The molecule has 0 unspecified atom stereocenters. The first-order valence-corrected chi connectivity index (χ1v) is 9.63. The second kappa shape index (κ2) is 8.99. The van der Waals surface area contributed by atoms with Gasteiger partial charge in [-0.2, -0.15) is 0 Å². The number of hydrogen-bond acceptors (Lipinski definition) is 5. The Morgan fingerprint density at radius 3 is 2.54 bits per heavy atom. The van der Waals surface area contributed by atoms with Gasteiger partial charge in [-0.1, -0.05) is 24.4 Å². The van der Waals surface area contributed by atoms with Gasteiger partial charge in [0, 0.05) is 18.7 Å². The van der Waals surface area contributed by atoms with Crippen molar-refractivity contribution in [2.24, 2.45) is 0 Å². The van der Waals surface area contributed by atoms with Crippen LogP contribution in [0, 0.1) is 5.82 Å². The van der Waals surface area contributed by atoms with Crippen molar-refractivity contribution in [3.8, 4) is 5.75 Å². The Morgan fingerprint density at radius 1 is 1.21 bits per heavy atom. The van der Waals surface area contributed by atoms with Gasteiger partial charge in [-0.25, -0.2) is 4.39 Å². The molecule has 8 heteroatoms. The van der Waals surface area contributed by atoms with Gasteiger partial charge in [0.25, 0.3) is 5.24 Å². The number of ether oxygens (including phenoxy) is 1. The van der Waals surface area contributed by atoms with E-state index in [4.69, 9.17) is 17.0 Å². The Balaban J connectivity index is 1.57. The first-order chi connectivity index (χ1) is 13.5. The molecule has 28 heavy (non-hydrogen) atoms. The number of rotatable bonds is 6. The van der Waals surface area contributed by atoms with Gasteiger partial charge >= 0.3 is 0 Å². The highest BCUT2D eigenvalue weighted by atomic mass is 32.2. The number of carbonyl (C=O) groups is 2. The number of hydrogen-bond donors (Lipinski definition) is 1. The number of thiocarbonyl (C=S) groups is 1. The molecule has 1 saturated heterocycles. The van der Waals surface area contributed by atoms with Crippen LogP contribution >= 0.6 is 24.0 Å². The molecule has 0 aromatic heterocycles. The lowest BCUT2D eigenvalue weighted by Crippen LogP contribution is -2.30. The predicted molar refractivity (Wildman–Crippen MR) is 113 cm³/mol. The van der Waals surface area contributed by atoms with Gasteiger partial charge in [-0.15, -0.1) is 0 Å². The molecule has 5 nitrogen and oxygen atoms in total. The van der Waals surface area contributed by atoms with E-state index < -0.39 is 0 Å². The summed E-state index contributed by atoms with van der Waals surface area (Å²) in [6, 6.07) is 12.9. The zero-order valence-electron chi connectivity index (χ0n) is 15.0. The lowest BCUT2D eigenvalue weighted by Gasteiger charge is -2.14. The van der Waals surface area contributed by atoms with Crippen molar-refractivity contribution in [3.05, 3.63) is 64.8 Å². The topological polar surface area (TPSA) is 58.6 Å². The predicted octanol–water partition coefficient (Wildman–Crippen LogP) is 4.70. The number of halogens is 1. The van der Waals surface area contributed by atoms with Crippen LogP contribution in [0.1, 0.15) is 12.0 Å². The van der Waals surface area contributed by atoms with Crippen molar-refractivity contribution in [2.45, 2.75) is 6.42 Å². The van der Waals surface area contributed by atoms with E-state index in [1.807, 2.05) is 0 Å². The van der Waals surface area contributed by atoms with Crippen LogP contribution < -0.4 is 10.1 Å². The molecule has 0 bridgehead atoms. The summed E-state index contributed by atoms with van der Waals surface area (Å²) in [5.41, 5.74) is 1.39. The third-order valence-corrected chi connectivity index (χ3v) is 5.47. The molecule has 0 atom stereocenters. The number of thioether (sulfide) groups is 1. The summed E-state index contributed by atoms with van der Waals surface area (Å²) in [7, 11) is 1.57. The van der Waals surface area contributed by atoms with Gasteiger partial charge in [0.1, 0.15) is 16.6 Å². The van der Waals surface area contributed by atoms with Crippen LogP contribution in [0.3, 0.4) is 0 Å². The first kappa shape index (κ1) is 20.0. The SMILES string of the molecule is COc1ccc(NC(=O)CCN2C(=O)S/C(=C/c3ccc(F)cc3)C2=S)cc1. The van der Waals surface area contributed by atoms with E-state index >= 15 is 0 Å². The first-order valence-electron chi connectivity index (χ1n) is 8.41. The molecule has 1 aliphatic heterocycles. The molecule has 0 aliphatic carbocycles. The normalized spacial score (nSPS) is 15.2. The van der Waals surface area contributed by atoms with Crippen LogP contribution in [-0.4, -0.2) is 34.7 Å². The van der Waals surface area contributed by atoms with Crippen molar-refractivity contribution in [3.63, 3.8) is 0 Å². The number of carbonyl (C=O) groups excluding carboxylic acids is 2. The molecule has 1 aliphatic rings. The van der Waals surface area contributed by atoms with Gasteiger partial charge in [0.05, 0.1) is 12.0 Å². The molecule has 1 fully saturated rings.